The summed E-state index contributed by atoms with van der Waals surface area (Å²) in [4.78, 5) is 11.1. The number of hydrogen-bond acceptors (Lipinski definition) is 2. The van der Waals surface area contributed by atoms with E-state index < -0.39 is 34.9 Å². The predicted octanol–water partition coefficient (Wildman–Crippen LogP) is 4.74. The fourth-order valence-corrected chi connectivity index (χ4v) is 2.52. The quantitative estimate of drug-likeness (QED) is 0.657. The second-order valence-electron chi connectivity index (χ2n) is 5.34. The monoisotopic (exact) mass is 368 g/mol. The first-order valence-corrected chi connectivity index (χ1v) is 7.12. The number of aromatic carboxylic acids is 1. The molecule has 0 saturated carbocycles. The molecule has 2 N–H and O–H groups in total. The highest BCUT2D eigenvalue weighted by atomic mass is 19.4. The minimum absolute atomic E-state index is 0.0187. The van der Waals surface area contributed by atoms with Crippen LogP contribution in [0.25, 0.3) is 22.3 Å². The van der Waals surface area contributed by atoms with E-state index in [4.69, 9.17) is 5.11 Å². The number of H-pyrrole nitrogens is 1. The molecule has 1 aromatic heterocycles. The zero-order valence-electron chi connectivity index (χ0n) is 12.7. The molecule has 0 aliphatic carbocycles. The molecule has 3 aromatic rings. The van der Waals surface area contributed by atoms with Crippen LogP contribution in [0.1, 0.15) is 15.9 Å². The van der Waals surface area contributed by atoms with Crippen LogP contribution >= 0.6 is 0 Å². The van der Waals surface area contributed by atoms with Gasteiger partial charge in [-0.1, -0.05) is 12.1 Å². The lowest BCUT2D eigenvalue weighted by molar-refractivity contribution is -0.137. The average Bonchev–Trinajstić information content (AvgIpc) is 3.10. The van der Waals surface area contributed by atoms with E-state index in [2.05, 4.69) is 10.2 Å². The second-order valence-corrected chi connectivity index (χ2v) is 5.34. The lowest BCUT2D eigenvalue weighted by atomic mass is 9.92. The number of aromatic nitrogens is 2. The van der Waals surface area contributed by atoms with Gasteiger partial charge in [-0.3, -0.25) is 5.10 Å². The van der Waals surface area contributed by atoms with Crippen LogP contribution in [0, 0.1) is 11.6 Å². The molecule has 26 heavy (non-hydrogen) atoms. The Hall–Kier alpha value is -3.23. The van der Waals surface area contributed by atoms with Gasteiger partial charge >= 0.3 is 12.1 Å². The van der Waals surface area contributed by atoms with Crippen molar-refractivity contribution in [2.45, 2.75) is 6.18 Å². The largest absolute Gasteiger partial charge is 0.478 e. The van der Waals surface area contributed by atoms with Crippen molar-refractivity contribution in [3.8, 4) is 22.3 Å². The minimum Gasteiger partial charge on any atom is -0.478 e. The zero-order chi connectivity index (χ0) is 19.1. The molecule has 0 saturated heterocycles. The van der Waals surface area contributed by atoms with E-state index in [1.807, 2.05) is 0 Å². The maximum atomic E-state index is 14.6. The third-order valence-corrected chi connectivity index (χ3v) is 3.75. The Kier molecular flexibility index (Phi) is 4.23. The highest BCUT2D eigenvalue weighted by Crippen LogP contribution is 2.38. The van der Waals surface area contributed by atoms with Crippen molar-refractivity contribution < 1.29 is 31.9 Å². The smallest absolute Gasteiger partial charge is 0.416 e. The van der Waals surface area contributed by atoms with Crippen LogP contribution in [0.3, 0.4) is 0 Å². The van der Waals surface area contributed by atoms with Gasteiger partial charge in [0.05, 0.1) is 17.3 Å². The van der Waals surface area contributed by atoms with Gasteiger partial charge in [-0.2, -0.15) is 18.3 Å². The van der Waals surface area contributed by atoms with E-state index in [-0.39, 0.29) is 22.3 Å². The number of alkyl halides is 3. The van der Waals surface area contributed by atoms with E-state index in [9.17, 15) is 26.7 Å². The number of carboxylic acids is 1. The fraction of sp³-hybridized carbons (Fsp3) is 0.0588. The Morgan fingerprint density at radius 1 is 1.04 bits per heavy atom. The molecule has 9 heteroatoms. The Bertz CT molecular complexity index is 964. The van der Waals surface area contributed by atoms with Gasteiger partial charge in [-0.05, 0) is 29.3 Å². The maximum Gasteiger partial charge on any atom is 0.416 e. The van der Waals surface area contributed by atoms with Crippen LogP contribution in [0.15, 0.2) is 42.7 Å². The molecule has 0 amide bonds. The molecule has 1 heterocycles. The molecule has 3 rings (SSSR count). The van der Waals surface area contributed by atoms with Crippen molar-refractivity contribution in [2.75, 3.05) is 0 Å². The zero-order valence-corrected chi connectivity index (χ0v) is 12.7. The van der Waals surface area contributed by atoms with Crippen LogP contribution in [0.4, 0.5) is 22.0 Å². The molecule has 0 atom stereocenters. The van der Waals surface area contributed by atoms with Crippen LogP contribution in [0.5, 0.6) is 0 Å². The normalized spacial score (nSPS) is 11.6. The van der Waals surface area contributed by atoms with Gasteiger partial charge in [-0.15, -0.1) is 0 Å². The topological polar surface area (TPSA) is 66.0 Å². The second kappa shape index (κ2) is 6.25. The van der Waals surface area contributed by atoms with Gasteiger partial charge < -0.3 is 5.11 Å². The lowest BCUT2D eigenvalue weighted by Gasteiger charge is -2.14. The Balaban J connectivity index is 2.26. The van der Waals surface area contributed by atoms with Gasteiger partial charge in [0.2, 0.25) is 0 Å². The molecule has 0 radical (unpaired) electrons. The number of carboxylic acid groups (broad SMARTS) is 1. The van der Waals surface area contributed by atoms with Crippen molar-refractivity contribution in [2.24, 2.45) is 0 Å². The third kappa shape index (κ3) is 3.03. The number of nitrogens with one attached hydrogen (secondary N) is 1. The van der Waals surface area contributed by atoms with Gasteiger partial charge in [0.25, 0.3) is 0 Å². The SMILES string of the molecule is O=C(O)c1cc(-c2cn[nH]c2)c(-c2ccc(C(F)(F)F)cc2)c(F)c1F. The number of rotatable bonds is 3. The van der Waals surface area contributed by atoms with Gasteiger partial charge in [0.15, 0.2) is 11.6 Å². The summed E-state index contributed by atoms with van der Waals surface area (Å²) in [6, 6.07) is 4.36. The van der Waals surface area contributed by atoms with E-state index >= 15 is 0 Å². The lowest BCUT2D eigenvalue weighted by Crippen LogP contribution is -2.07. The molecule has 0 aliphatic rings. The number of carbonyl (C=O) groups is 1. The number of benzene rings is 2. The van der Waals surface area contributed by atoms with Crippen molar-refractivity contribution in [3.05, 3.63) is 65.5 Å². The van der Waals surface area contributed by atoms with Crippen molar-refractivity contribution in [1.29, 1.82) is 0 Å². The highest BCUT2D eigenvalue weighted by Gasteiger charge is 2.30. The summed E-state index contributed by atoms with van der Waals surface area (Å²) in [5.74, 6) is -4.74. The molecule has 2 aromatic carbocycles. The third-order valence-electron chi connectivity index (χ3n) is 3.75. The van der Waals surface area contributed by atoms with E-state index in [1.165, 1.54) is 12.4 Å². The molecule has 0 spiro atoms. The summed E-state index contributed by atoms with van der Waals surface area (Å²) in [6.07, 6.45) is -2.00. The molecule has 4 nitrogen and oxygen atoms in total. The molecular weight excluding hydrogens is 359 g/mol. The Morgan fingerprint density at radius 2 is 1.69 bits per heavy atom. The van der Waals surface area contributed by atoms with Gasteiger partial charge in [0.1, 0.15) is 0 Å². The molecule has 0 unspecified atom stereocenters. The number of hydrogen-bond donors (Lipinski definition) is 2. The van der Waals surface area contributed by atoms with Crippen LogP contribution in [-0.2, 0) is 6.18 Å². The Morgan fingerprint density at radius 3 is 2.19 bits per heavy atom. The summed E-state index contributed by atoms with van der Waals surface area (Å²) in [5, 5.41) is 15.2. The summed E-state index contributed by atoms with van der Waals surface area (Å²) < 4.78 is 66.8. The fourth-order valence-electron chi connectivity index (χ4n) is 2.52. The van der Waals surface area contributed by atoms with Crippen molar-refractivity contribution >= 4 is 5.97 Å². The van der Waals surface area contributed by atoms with Crippen molar-refractivity contribution in [3.63, 3.8) is 0 Å². The minimum atomic E-state index is -4.58. The van der Waals surface area contributed by atoms with E-state index in [1.54, 1.807) is 0 Å². The van der Waals surface area contributed by atoms with Crippen LogP contribution in [-0.4, -0.2) is 21.3 Å². The number of halogens is 5. The first kappa shape index (κ1) is 17.6. The van der Waals surface area contributed by atoms with Gasteiger partial charge in [-0.25, -0.2) is 13.6 Å². The molecule has 0 aliphatic heterocycles. The van der Waals surface area contributed by atoms with E-state index in [0.29, 0.717) is 0 Å². The number of nitrogens with zero attached hydrogens (tertiary/aromatic N) is 1. The molecule has 0 bridgehead atoms. The maximum absolute atomic E-state index is 14.6. The summed E-state index contributed by atoms with van der Waals surface area (Å²) in [5.41, 5.74) is -2.01. The first-order valence-electron chi connectivity index (χ1n) is 7.12. The van der Waals surface area contributed by atoms with Crippen LogP contribution in [0.2, 0.25) is 0 Å². The highest BCUT2D eigenvalue weighted by molar-refractivity contribution is 5.94. The number of aromatic amines is 1. The van der Waals surface area contributed by atoms with Crippen LogP contribution < -0.4 is 0 Å². The summed E-state index contributed by atoms with van der Waals surface area (Å²) in [6.45, 7) is 0. The van der Waals surface area contributed by atoms with Crippen molar-refractivity contribution in [1.82, 2.24) is 10.2 Å². The average molecular weight is 368 g/mol. The first-order chi connectivity index (χ1) is 12.2. The molecule has 134 valence electrons. The predicted molar refractivity (Wildman–Crippen MR) is 81.3 cm³/mol. The molecule has 0 fully saturated rings. The Labute approximate surface area is 142 Å². The molecular formula is C17H9F5N2O2. The standard InChI is InChI=1S/C17H9F5N2O2/c18-14-12(16(25)26)5-11(9-6-23-24-7-9)13(15(14)19)8-1-3-10(4-2-8)17(20,21)22/h1-7H,(H,23,24)(H,25,26). The van der Waals surface area contributed by atoms with Gasteiger partial charge in [0, 0.05) is 17.3 Å². The summed E-state index contributed by atoms with van der Waals surface area (Å²) in [7, 11) is 0. The summed E-state index contributed by atoms with van der Waals surface area (Å²) >= 11 is 0. The van der Waals surface area contributed by atoms with E-state index in [0.717, 1.165) is 30.3 Å².